The van der Waals surface area contributed by atoms with Crippen LogP contribution in [0.3, 0.4) is 0 Å². The molecule has 1 aromatic carbocycles. The first-order valence-corrected chi connectivity index (χ1v) is 9.66. The molecule has 0 saturated carbocycles. The third-order valence-corrected chi connectivity index (χ3v) is 5.86. The van der Waals surface area contributed by atoms with Crippen molar-refractivity contribution >= 4 is 10.2 Å². The summed E-state index contributed by atoms with van der Waals surface area (Å²) in [7, 11) is -3.62. The lowest BCUT2D eigenvalue weighted by Gasteiger charge is -2.30. The average molecular weight is 368 g/mol. The van der Waals surface area contributed by atoms with Gasteiger partial charge >= 0.3 is 0 Å². The van der Waals surface area contributed by atoms with Crippen molar-refractivity contribution in [2.24, 2.45) is 5.92 Å². The minimum atomic E-state index is -3.62. The molecule has 0 spiro atoms. The molecule has 2 atom stereocenters. The second kappa shape index (κ2) is 7.19. The Morgan fingerprint density at radius 1 is 1.36 bits per heavy atom. The minimum absolute atomic E-state index is 0.160. The van der Waals surface area contributed by atoms with Crippen molar-refractivity contribution in [3.8, 4) is 11.4 Å². The van der Waals surface area contributed by atoms with E-state index in [1.54, 1.807) is 6.92 Å². The Labute approximate surface area is 146 Å². The SMILES string of the molecule is CC1CCCN(S(=O)(=O)NC(C)c2nc(-c3ccc(F)cc3)no2)C1. The average Bonchev–Trinajstić information content (AvgIpc) is 3.05. The standard InChI is InChI=1S/C16H21FN4O3S/c1-11-4-3-9-21(10-11)25(22,23)20-12(2)16-18-15(19-24-16)13-5-7-14(17)8-6-13/h5-8,11-12,20H,3-4,9-10H2,1-2H3. The zero-order valence-corrected chi connectivity index (χ0v) is 15.0. The smallest absolute Gasteiger partial charge is 0.280 e. The summed E-state index contributed by atoms with van der Waals surface area (Å²) in [4.78, 5) is 4.21. The highest BCUT2D eigenvalue weighted by molar-refractivity contribution is 7.87. The van der Waals surface area contributed by atoms with Gasteiger partial charge in [-0.25, -0.2) is 4.39 Å². The summed E-state index contributed by atoms with van der Waals surface area (Å²) in [6.07, 6.45) is 1.89. The molecule has 0 radical (unpaired) electrons. The van der Waals surface area contributed by atoms with Gasteiger partial charge in [-0.05, 0) is 49.9 Å². The third-order valence-electron chi connectivity index (χ3n) is 4.20. The molecule has 1 fully saturated rings. The van der Waals surface area contributed by atoms with Gasteiger partial charge in [-0.3, -0.25) is 0 Å². The van der Waals surface area contributed by atoms with Gasteiger partial charge in [0.2, 0.25) is 11.7 Å². The molecule has 136 valence electrons. The van der Waals surface area contributed by atoms with Crippen molar-refractivity contribution in [1.82, 2.24) is 19.2 Å². The van der Waals surface area contributed by atoms with Gasteiger partial charge in [0.25, 0.3) is 10.2 Å². The Morgan fingerprint density at radius 3 is 2.76 bits per heavy atom. The van der Waals surface area contributed by atoms with Gasteiger partial charge in [-0.15, -0.1) is 0 Å². The van der Waals surface area contributed by atoms with E-state index in [9.17, 15) is 12.8 Å². The number of rotatable bonds is 5. The van der Waals surface area contributed by atoms with Crippen molar-refractivity contribution in [2.45, 2.75) is 32.7 Å². The molecule has 3 rings (SSSR count). The Morgan fingerprint density at radius 2 is 2.08 bits per heavy atom. The van der Waals surface area contributed by atoms with Crippen LogP contribution in [0, 0.1) is 11.7 Å². The summed E-state index contributed by atoms with van der Waals surface area (Å²) >= 11 is 0. The molecule has 2 unspecified atom stereocenters. The molecule has 1 aliphatic heterocycles. The van der Waals surface area contributed by atoms with Crippen LogP contribution in [0.4, 0.5) is 4.39 Å². The van der Waals surface area contributed by atoms with E-state index < -0.39 is 16.3 Å². The summed E-state index contributed by atoms with van der Waals surface area (Å²) in [5.74, 6) is 0.430. The van der Waals surface area contributed by atoms with E-state index in [0.29, 0.717) is 24.6 Å². The summed E-state index contributed by atoms with van der Waals surface area (Å²) in [6.45, 7) is 4.70. The maximum Gasteiger partial charge on any atom is 0.280 e. The second-order valence-electron chi connectivity index (χ2n) is 6.41. The zero-order valence-electron chi connectivity index (χ0n) is 14.1. The largest absolute Gasteiger partial charge is 0.337 e. The topological polar surface area (TPSA) is 88.3 Å². The van der Waals surface area contributed by atoms with Crippen molar-refractivity contribution in [2.75, 3.05) is 13.1 Å². The zero-order chi connectivity index (χ0) is 18.0. The maximum absolute atomic E-state index is 13.0. The van der Waals surface area contributed by atoms with E-state index in [-0.39, 0.29) is 17.5 Å². The minimum Gasteiger partial charge on any atom is -0.337 e. The molecule has 1 N–H and O–H groups in total. The third kappa shape index (κ3) is 4.23. The van der Waals surface area contributed by atoms with Gasteiger partial charge < -0.3 is 4.52 Å². The highest BCUT2D eigenvalue weighted by Crippen LogP contribution is 2.22. The molecule has 9 heteroatoms. The molecule has 1 aliphatic rings. The fraction of sp³-hybridized carbons (Fsp3) is 0.500. The quantitative estimate of drug-likeness (QED) is 0.876. The van der Waals surface area contributed by atoms with Crippen molar-refractivity contribution in [1.29, 1.82) is 0 Å². The van der Waals surface area contributed by atoms with E-state index in [2.05, 4.69) is 14.9 Å². The first kappa shape index (κ1) is 18.0. The molecule has 1 saturated heterocycles. The van der Waals surface area contributed by atoms with Crippen LogP contribution in [-0.4, -0.2) is 36.0 Å². The van der Waals surface area contributed by atoms with Gasteiger partial charge in [0, 0.05) is 18.7 Å². The van der Waals surface area contributed by atoms with Crippen LogP contribution in [-0.2, 0) is 10.2 Å². The number of hydrogen-bond donors (Lipinski definition) is 1. The van der Waals surface area contributed by atoms with E-state index in [1.807, 2.05) is 6.92 Å². The fourth-order valence-corrected chi connectivity index (χ4v) is 4.36. The van der Waals surface area contributed by atoms with Crippen LogP contribution < -0.4 is 4.72 Å². The first-order chi connectivity index (χ1) is 11.8. The summed E-state index contributed by atoms with van der Waals surface area (Å²) in [5, 5.41) is 3.83. The molecule has 0 amide bonds. The highest BCUT2D eigenvalue weighted by atomic mass is 32.2. The highest BCUT2D eigenvalue weighted by Gasteiger charge is 2.30. The Bertz CT molecular complexity index is 822. The Hall–Kier alpha value is -1.84. The predicted octanol–water partition coefficient (Wildman–Crippen LogP) is 2.50. The van der Waals surface area contributed by atoms with E-state index in [0.717, 1.165) is 12.8 Å². The predicted molar refractivity (Wildman–Crippen MR) is 90.1 cm³/mol. The molecule has 0 aliphatic carbocycles. The Kier molecular flexibility index (Phi) is 5.16. The molecular weight excluding hydrogens is 347 g/mol. The molecule has 1 aromatic heterocycles. The first-order valence-electron chi connectivity index (χ1n) is 8.22. The Balaban J connectivity index is 1.71. The second-order valence-corrected chi connectivity index (χ2v) is 8.12. The summed E-state index contributed by atoms with van der Waals surface area (Å²) in [5.41, 5.74) is 0.594. The van der Waals surface area contributed by atoms with Crippen LogP contribution >= 0.6 is 0 Å². The van der Waals surface area contributed by atoms with Crippen LogP contribution in [0.2, 0.25) is 0 Å². The number of piperidine rings is 1. The normalized spacial score (nSPS) is 20.5. The van der Waals surface area contributed by atoms with Crippen LogP contribution in [0.5, 0.6) is 0 Å². The monoisotopic (exact) mass is 368 g/mol. The van der Waals surface area contributed by atoms with Crippen LogP contribution in [0.15, 0.2) is 28.8 Å². The number of nitrogens with zero attached hydrogens (tertiary/aromatic N) is 3. The van der Waals surface area contributed by atoms with Gasteiger partial charge in [0.15, 0.2) is 0 Å². The lowest BCUT2D eigenvalue weighted by molar-refractivity contribution is 0.274. The number of nitrogens with one attached hydrogen (secondary N) is 1. The number of benzene rings is 1. The lowest BCUT2D eigenvalue weighted by atomic mass is 10.0. The van der Waals surface area contributed by atoms with Crippen molar-refractivity contribution in [3.05, 3.63) is 36.0 Å². The fourth-order valence-electron chi connectivity index (χ4n) is 2.84. The summed E-state index contributed by atoms with van der Waals surface area (Å²) < 4.78 is 47.2. The van der Waals surface area contributed by atoms with Gasteiger partial charge in [-0.2, -0.15) is 22.4 Å². The van der Waals surface area contributed by atoms with Gasteiger partial charge in [-0.1, -0.05) is 12.1 Å². The molecule has 2 heterocycles. The van der Waals surface area contributed by atoms with Crippen molar-refractivity contribution < 1.29 is 17.3 Å². The molecule has 2 aromatic rings. The van der Waals surface area contributed by atoms with Gasteiger partial charge in [0.05, 0.1) is 6.04 Å². The molecule has 0 bridgehead atoms. The number of hydrogen-bond acceptors (Lipinski definition) is 5. The summed E-state index contributed by atoms with van der Waals surface area (Å²) in [6, 6.07) is 5.01. The number of aromatic nitrogens is 2. The molecular formula is C16H21FN4O3S. The van der Waals surface area contributed by atoms with Crippen LogP contribution in [0.25, 0.3) is 11.4 Å². The molecule has 7 nitrogen and oxygen atoms in total. The number of halogens is 1. The maximum atomic E-state index is 13.0. The van der Waals surface area contributed by atoms with Gasteiger partial charge in [0.1, 0.15) is 5.82 Å². The van der Waals surface area contributed by atoms with E-state index in [1.165, 1.54) is 28.6 Å². The van der Waals surface area contributed by atoms with E-state index >= 15 is 0 Å². The van der Waals surface area contributed by atoms with Crippen LogP contribution in [0.1, 0.15) is 38.6 Å². The lowest BCUT2D eigenvalue weighted by Crippen LogP contribution is -2.46. The molecule has 25 heavy (non-hydrogen) atoms. The van der Waals surface area contributed by atoms with Crippen molar-refractivity contribution in [3.63, 3.8) is 0 Å². The van der Waals surface area contributed by atoms with E-state index in [4.69, 9.17) is 4.52 Å².